The molecule has 0 aliphatic heterocycles. The molecule has 0 heterocycles. The van der Waals surface area contributed by atoms with E-state index in [0.717, 1.165) is 30.1 Å². The van der Waals surface area contributed by atoms with E-state index in [1.807, 2.05) is 11.8 Å². The molecule has 0 aromatic heterocycles. The van der Waals surface area contributed by atoms with Crippen molar-refractivity contribution >= 4 is 11.8 Å². The third kappa shape index (κ3) is 2.89. The summed E-state index contributed by atoms with van der Waals surface area (Å²) in [5, 5.41) is 12.8. The van der Waals surface area contributed by atoms with Gasteiger partial charge in [-0.2, -0.15) is 11.8 Å². The van der Waals surface area contributed by atoms with Crippen LogP contribution >= 0.6 is 11.8 Å². The van der Waals surface area contributed by atoms with Gasteiger partial charge in [0, 0.05) is 24.4 Å². The quantitative estimate of drug-likeness (QED) is 0.729. The molecule has 0 radical (unpaired) electrons. The Morgan fingerprint density at radius 3 is 2.80 bits per heavy atom. The molecular formula is C12H23NOS. The van der Waals surface area contributed by atoms with Crippen LogP contribution in [0.4, 0.5) is 0 Å². The van der Waals surface area contributed by atoms with Crippen molar-refractivity contribution in [2.75, 3.05) is 18.6 Å². The zero-order valence-corrected chi connectivity index (χ0v) is 10.4. The van der Waals surface area contributed by atoms with Crippen molar-refractivity contribution in [1.82, 2.24) is 5.32 Å². The summed E-state index contributed by atoms with van der Waals surface area (Å²) in [5.74, 6) is 3.09. The molecule has 2 aliphatic carbocycles. The summed E-state index contributed by atoms with van der Waals surface area (Å²) in [6, 6.07) is 1.28. The predicted octanol–water partition coefficient (Wildman–Crippen LogP) is 1.88. The first-order valence-corrected chi connectivity index (χ1v) is 7.58. The lowest BCUT2D eigenvalue weighted by Crippen LogP contribution is -2.43. The van der Waals surface area contributed by atoms with E-state index < -0.39 is 0 Å². The standard InChI is InChI=1S/C12H23NOS/c1-15-8-11(4-5-14)13-12-7-9-2-3-10(12)6-9/h9-14H,2-8H2,1H3. The van der Waals surface area contributed by atoms with E-state index in [9.17, 15) is 0 Å². The molecule has 2 bridgehead atoms. The maximum absolute atomic E-state index is 9.02. The molecule has 4 unspecified atom stereocenters. The first kappa shape index (κ1) is 11.7. The molecular weight excluding hydrogens is 206 g/mol. The van der Waals surface area contributed by atoms with Gasteiger partial charge in [0.2, 0.25) is 0 Å². The van der Waals surface area contributed by atoms with Gasteiger partial charge in [-0.25, -0.2) is 0 Å². The van der Waals surface area contributed by atoms with E-state index in [1.165, 1.54) is 25.7 Å². The van der Waals surface area contributed by atoms with Crippen LogP contribution in [-0.2, 0) is 0 Å². The molecule has 2 aliphatic rings. The molecule has 88 valence electrons. The highest BCUT2D eigenvalue weighted by atomic mass is 32.2. The summed E-state index contributed by atoms with van der Waals surface area (Å²) in [6.45, 7) is 0.318. The van der Waals surface area contributed by atoms with Gasteiger partial charge < -0.3 is 10.4 Å². The number of aliphatic hydroxyl groups excluding tert-OH is 1. The fraction of sp³-hybridized carbons (Fsp3) is 1.00. The molecule has 2 fully saturated rings. The topological polar surface area (TPSA) is 32.3 Å². The highest BCUT2D eigenvalue weighted by Gasteiger charge is 2.39. The summed E-state index contributed by atoms with van der Waals surface area (Å²) in [5.41, 5.74) is 0. The van der Waals surface area contributed by atoms with Gasteiger partial charge in [0.15, 0.2) is 0 Å². The highest BCUT2D eigenvalue weighted by Crippen LogP contribution is 2.44. The van der Waals surface area contributed by atoms with Crippen LogP contribution in [0.5, 0.6) is 0 Å². The monoisotopic (exact) mass is 229 g/mol. The molecule has 2 saturated carbocycles. The number of nitrogens with one attached hydrogen (secondary N) is 1. The number of rotatable bonds is 6. The van der Waals surface area contributed by atoms with Crippen molar-refractivity contribution in [2.45, 2.75) is 44.2 Å². The van der Waals surface area contributed by atoms with Gasteiger partial charge >= 0.3 is 0 Å². The fourth-order valence-corrected chi connectivity index (χ4v) is 3.99. The Morgan fingerprint density at radius 2 is 2.27 bits per heavy atom. The maximum Gasteiger partial charge on any atom is 0.0446 e. The predicted molar refractivity (Wildman–Crippen MR) is 66.2 cm³/mol. The summed E-state index contributed by atoms with van der Waals surface area (Å²) < 4.78 is 0. The van der Waals surface area contributed by atoms with Crippen molar-refractivity contribution in [3.63, 3.8) is 0 Å². The Labute approximate surface area is 97.2 Å². The van der Waals surface area contributed by atoms with Crippen molar-refractivity contribution in [3.05, 3.63) is 0 Å². The minimum atomic E-state index is 0.318. The molecule has 0 spiro atoms. The van der Waals surface area contributed by atoms with Crippen LogP contribution in [0.1, 0.15) is 32.1 Å². The molecule has 0 amide bonds. The van der Waals surface area contributed by atoms with Crippen LogP contribution in [0, 0.1) is 11.8 Å². The Balaban J connectivity index is 1.78. The third-order valence-electron chi connectivity index (χ3n) is 4.03. The summed E-state index contributed by atoms with van der Waals surface area (Å²) in [6.07, 6.45) is 8.81. The summed E-state index contributed by atoms with van der Waals surface area (Å²) >= 11 is 1.88. The maximum atomic E-state index is 9.02. The lowest BCUT2D eigenvalue weighted by atomic mass is 9.94. The second kappa shape index (κ2) is 5.55. The number of fused-ring (bicyclic) bond motifs is 2. The van der Waals surface area contributed by atoms with Crippen molar-refractivity contribution < 1.29 is 5.11 Å². The molecule has 2 nitrogen and oxygen atoms in total. The zero-order chi connectivity index (χ0) is 10.7. The molecule has 0 aromatic rings. The van der Waals surface area contributed by atoms with Gasteiger partial charge in [0.25, 0.3) is 0 Å². The molecule has 0 aromatic carbocycles. The molecule has 4 atom stereocenters. The van der Waals surface area contributed by atoms with Gasteiger partial charge in [-0.1, -0.05) is 6.42 Å². The number of thioether (sulfide) groups is 1. The average molecular weight is 229 g/mol. The minimum absolute atomic E-state index is 0.318. The molecule has 15 heavy (non-hydrogen) atoms. The number of aliphatic hydroxyl groups is 1. The lowest BCUT2D eigenvalue weighted by Gasteiger charge is -2.28. The first-order chi connectivity index (χ1) is 7.33. The van der Waals surface area contributed by atoms with E-state index in [4.69, 9.17) is 5.11 Å². The molecule has 2 rings (SSSR count). The van der Waals surface area contributed by atoms with E-state index in [-0.39, 0.29) is 0 Å². The Hall–Kier alpha value is 0.270. The zero-order valence-electron chi connectivity index (χ0n) is 9.61. The number of hydrogen-bond acceptors (Lipinski definition) is 3. The van der Waals surface area contributed by atoms with Gasteiger partial charge in [-0.3, -0.25) is 0 Å². The minimum Gasteiger partial charge on any atom is -0.396 e. The van der Waals surface area contributed by atoms with Crippen LogP contribution < -0.4 is 5.32 Å². The highest BCUT2D eigenvalue weighted by molar-refractivity contribution is 7.98. The van der Waals surface area contributed by atoms with E-state index >= 15 is 0 Å². The Bertz CT molecular complexity index is 194. The average Bonchev–Trinajstić information content (AvgIpc) is 2.80. The van der Waals surface area contributed by atoms with E-state index in [0.29, 0.717) is 12.6 Å². The van der Waals surface area contributed by atoms with Crippen molar-refractivity contribution in [3.8, 4) is 0 Å². The van der Waals surface area contributed by atoms with Crippen LogP contribution in [-0.4, -0.2) is 35.8 Å². The van der Waals surface area contributed by atoms with Crippen LogP contribution in [0.2, 0.25) is 0 Å². The van der Waals surface area contributed by atoms with Crippen LogP contribution in [0.25, 0.3) is 0 Å². The SMILES string of the molecule is CSCC(CCO)NC1CC2CCC1C2. The Morgan fingerprint density at radius 1 is 1.40 bits per heavy atom. The Kier molecular flexibility index (Phi) is 4.35. The summed E-state index contributed by atoms with van der Waals surface area (Å²) in [4.78, 5) is 0. The fourth-order valence-electron chi connectivity index (χ4n) is 3.32. The number of hydrogen-bond donors (Lipinski definition) is 2. The van der Waals surface area contributed by atoms with E-state index in [1.54, 1.807) is 0 Å². The van der Waals surface area contributed by atoms with Crippen molar-refractivity contribution in [2.24, 2.45) is 11.8 Å². The molecule has 0 saturated heterocycles. The second-order valence-electron chi connectivity index (χ2n) is 5.11. The smallest absolute Gasteiger partial charge is 0.0446 e. The first-order valence-electron chi connectivity index (χ1n) is 6.19. The summed E-state index contributed by atoms with van der Waals surface area (Å²) in [7, 11) is 0. The molecule has 2 N–H and O–H groups in total. The largest absolute Gasteiger partial charge is 0.396 e. The second-order valence-corrected chi connectivity index (χ2v) is 6.02. The lowest BCUT2D eigenvalue weighted by molar-refractivity contribution is 0.250. The van der Waals surface area contributed by atoms with Gasteiger partial charge in [-0.05, 0) is 43.8 Å². The third-order valence-corrected chi connectivity index (χ3v) is 4.77. The van der Waals surface area contributed by atoms with E-state index in [2.05, 4.69) is 11.6 Å². The van der Waals surface area contributed by atoms with Gasteiger partial charge in [-0.15, -0.1) is 0 Å². The van der Waals surface area contributed by atoms with Crippen LogP contribution in [0.3, 0.4) is 0 Å². The van der Waals surface area contributed by atoms with Gasteiger partial charge in [0.1, 0.15) is 0 Å². The molecule has 3 heteroatoms. The van der Waals surface area contributed by atoms with Crippen LogP contribution in [0.15, 0.2) is 0 Å². The van der Waals surface area contributed by atoms with Gasteiger partial charge in [0.05, 0.1) is 0 Å². The van der Waals surface area contributed by atoms with Crippen molar-refractivity contribution in [1.29, 1.82) is 0 Å². The normalized spacial score (nSPS) is 36.0.